The Morgan fingerprint density at radius 2 is 1.20 bits per heavy atom. The summed E-state index contributed by atoms with van der Waals surface area (Å²) < 4.78 is 0. The van der Waals surface area contributed by atoms with Crippen molar-refractivity contribution in [3.63, 3.8) is 0 Å². The van der Waals surface area contributed by atoms with Crippen LogP contribution in [0.1, 0.15) is 57.8 Å². The summed E-state index contributed by atoms with van der Waals surface area (Å²) in [7, 11) is 0. The number of rotatable bonds is 20. The van der Waals surface area contributed by atoms with Gasteiger partial charge in [0.2, 0.25) is 35.4 Å². The number of aliphatic hydroxyl groups excluding tert-OH is 1. The first-order chi connectivity index (χ1) is 24.0. The Kier molecular flexibility index (Phi) is 16.2. The highest BCUT2D eigenvalue weighted by molar-refractivity contribution is 5.97. The molecule has 2 aliphatic heterocycles. The van der Waals surface area contributed by atoms with Gasteiger partial charge in [-0.25, -0.2) is 0 Å². The minimum atomic E-state index is -1.68. The molecular formula is C29H43N7O15. The van der Waals surface area contributed by atoms with Crippen LogP contribution in [-0.2, 0) is 47.9 Å². The van der Waals surface area contributed by atoms with Gasteiger partial charge in [-0.2, -0.15) is 0 Å². The number of aliphatic carboxylic acids is 4. The molecule has 2 saturated heterocycles. The normalized spacial score (nSPS) is 19.2. The summed E-state index contributed by atoms with van der Waals surface area (Å²) in [6.45, 7) is -1.70. The van der Waals surface area contributed by atoms with Gasteiger partial charge < -0.3 is 62.3 Å². The van der Waals surface area contributed by atoms with Gasteiger partial charge in [-0.3, -0.25) is 47.9 Å². The Morgan fingerprint density at radius 1 is 0.647 bits per heavy atom. The second kappa shape index (κ2) is 19.7. The molecule has 6 atom stereocenters. The zero-order chi connectivity index (χ0) is 38.4. The summed E-state index contributed by atoms with van der Waals surface area (Å²) in [4.78, 5) is 125. The van der Waals surface area contributed by atoms with Crippen molar-refractivity contribution in [3.05, 3.63) is 0 Å². The van der Waals surface area contributed by atoms with Crippen molar-refractivity contribution in [3.8, 4) is 0 Å². The maximum atomic E-state index is 13.8. The summed E-state index contributed by atoms with van der Waals surface area (Å²) in [5.74, 6) is -10.9. The number of nitrogens with two attached hydrogens (primary N) is 1. The van der Waals surface area contributed by atoms with Gasteiger partial charge in [0.25, 0.3) is 0 Å². The molecule has 284 valence electrons. The van der Waals surface area contributed by atoms with E-state index in [9.17, 15) is 53.1 Å². The molecular weight excluding hydrogens is 686 g/mol. The standard InChI is InChI=1S/C29H43N7O15/c30-14(11-22(42)43)24(46)33-16(6-8-21(40)41)28(50)36-10-2-4-19(36)29(51)35-9-1-3-18(35)27(49)34-17(13-37)26(48)32-15(5-7-20(38)39)25(47)31-12-23(44)45/h14-19,37H,1-13,30H2,(H,31,47)(H,32,48)(H,33,46)(H,34,49)(H,38,39)(H,40,41)(H,42,43)(H,44,45)/t14-,15-,16-,17-,18-,19-/m0/s1. The molecule has 2 rings (SSSR count). The van der Waals surface area contributed by atoms with E-state index in [1.807, 2.05) is 5.32 Å². The van der Waals surface area contributed by atoms with Crippen molar-refractivity contribution < 1.29 is 73.5 Å². The van der Waals surface area contributed by atoms with E-state index in [0.717, 1.165) is 4.90 Å². The monoisotopic (exact) mass is 729 g/mol. The summed E-state index contributed by atoms with van der Waals surface area (Å²) in [6, 6.07) is -8.52. The van der Waals surface area contributed by atoms with Crippen molar-refractivity contribution in [2.45, 2.75) is 94.0 Å². The van der Waals surface area contributed by atoms with E-state index in [1.165, 1.54) is 4.90 Å². The molecule has 6 amide bonds. The number of hydrogen-bond acceptors (Lipinski definition) is 12. The molecule has 0 bridgehead atoms. The lowest BCUT2D eigenvalue weighted by Crippen LogP contribution is -2.59. The Labute approximate surface area is 290 Å². The number of aliphatic hydroxyl groups is 1. The maximum absolute atomic E-state index is 13.8. The summed E-state index contributed by atoms with van der Waals surface area (Å²) in [6.07, 6.45) is -1.81. The number of nitrogens with one attached hydrogen (secondary N) is 4. The van der Waals surface area contributed by atoms with Crippen molar-refractivity contribution in [2.75, 3.05) is 26.2 Å². The molecule has 0 aromatic heterocycles. The predicted octanol–water partition coefficient (Wildman–Crippen LogP) is -4.85. The molecule has 11 N–H and O–H groups in total. The van der Waals surface area contributed by atoms with Crippen LogP contribution in [0.3, 0.4) is 0 Å². The van der Waals surface area contributed by atoms with E-state index in [-0.39, 0.29) is 25.9 Å². The van der Waals surface area contributed by atoms with E-state index in [1.54, 1.807) is 0 Å². The Bertz CT molecular complexity index is 1380. The number of carboxylic acids is 4. The minimum absolute atomic E-state index is 0.0381. The molecule has 0 unspecified atom stereocenters. The fraction of sp³-hybridized carbons (Fsp3) is 0.655. The quantitative estimate of drug-likeness (QED) is 0.0561. The van der Waals surface area contributed by atoms with Crippen molar-refractivity contribution in [1.29, 1.82) is 0 Å². The van der Waals surface area contributed by atoms with Crippen LogP contribution in [0.5, 0.6) is 0 Å². The molecule has 2 heterocycles. The highest BCUT2D eigenvalue weighted by atomic mass is 16.4. The summed E-state index contributed by atoms with van der Waals surface area (Å²) >= 11 is 0. The third-order valence-corrected chi connectivity index (χ3v) is 8.16. The second-order valence-electron chi connectivity index (χ2n) is 11.9. The lowest BCUT2D eigenvalue weighted by Gasteiger charge is -2.33. The number of amides is 6. The number of carboxylic acid groups (broad SMARTS) is 4. The third-order valence-electron chi connectivity index (χ3n) is 8.16. The average Bonchev–Trinajstić information content (AvgIpc) is 3.75. The predicted molar refractivity (Wildman–Crippen MR) is 167 cm³/mol. The maximum Gasteiger partial charge on any atom is 0.322 e. The molecule has 22 heteroatoms. The van der Waals surface area contributed by atoms with E-state index < -0.39 is 141 Å². The van der Waals surface area contributed by atoms with Crippen LogP contribution in [-0.4, -0.2) is 157 Å². The van der Waals surface area contributed by atoms with Crippen LogP contribution in [0, 0.1) is 0 Å². The molecule has 2 fully saturated rings. The number of nitrogens with zero attached hydrogens (tertiary/aromatic N) is 2. The fourth-order valence-electron chi connectivity index (χ4n) is 5.62. The topological polar surface area (TPSA) is 352 Å². The Hall–Kier alpha value is -5.38. The van der Waals surface area contributed by atoms with Gasteiger partial charge in [0, 0.05) is 25.9 Å². The van der Waals surface area contributed by atoms with E-state index in [0.29, 0.717) is 12.8 Å². The zero-order valence-electron chi connectivity index (χ0n) is 27.4. The summed E-state index contributed by atoms with van der Waals surface area (Å²) in [5, 5.41) is 54.5. The van der Waals surface area contributed by atoms with Gasteiger partial charge in [-0.1, -0.05) is 0 Å². The molecule has 0 radical (unpaired) electrons. The highest BCUT2D eigenvalue weighted by Crippen LogP contribution is 2.26. The molecule has 0 spiro atoms. The van der Waals surface area contributed by atoms with E-state index in [4.69, 9.17) is 26.2 Å². The zero-order valence-corrected chi connectivity index (χ0v) is 27.4. The molecule has 22 nitrogen and oxygen atoms in total. The average molecular weight is 730 g/mol. The van der Waals surface area contributed by atoms with Crippen molar-refractivity contribution in [2.24, 2.45) is 5.73 Å². The third kappa shape index (κ3) is 12.8. The van der Waals surface area contributed by atoms with Gasteiger partial charge in [0.1, 0.15) is 36.8 Å². The number of hydrogen-bond donors (Lipinski definition) is 10. The minimum Gasteiger partial charge on any atom is -0.481 e. The van der Waals surface area contributed by atoms with Crippen LogP contribution >= 0.6 is 0 Å². The van der Waals surface area contributed by atoms with Crippen LogP contribution in [0.4, 0.5) is 0 Å². The van der Waals surface area contributed by atoms with Gasteiger partial charge in [-0.15, -0.1) is 0 Å². The van der Waals surface area contributed by atoms with Crippen LogP contribution in [0.2, 0.25) is 0 Å². The first-order valence-corrected chi connectivity index (χ1v) is 16.0. The van der Waals surface area contributed by atoms with Crippen molar-refractivity contribution >= 4 is 59.3 Å². The second-order valence-corrected chi connectivity index (χ2v) is 11.9. The first-order valence-electron chi connectivity index (χ1n) is 16.0. The van der Waals surface area contributed by atoms with Gasteiger partial charge in [-0.05, 0) is 38.5 Å². The smallest absolute Gasteiger partial charge is 0.322 e. The molecule has 0 aliphatic carbocycles. The van der Waals surface area contributed by atoms with E-state index >= 15 is 0 Å². The Balaban J connectivity index is 2.17. The number of carbonyl (C=O) groups excluding carboxylic acids is 6. The van der Waals surface area contributed by atoms with Crippen LogP contribution in [0.15, 0.2) is 0 Å². The molecule has 0 aromatic rings. The van der Waals surface area contributed by atoms with Gasteiger partial charge in [0.15, 0.2) is 0 Å². The fourth-order valence-corrected chi connectivity index (χ4v) is 5.62. The molecule has 0 aromatic carbocycles. The Morgan fingerprint density at radius 3 is 1.75 bits per heavy atom. The highest BCUT2D eigenvalue weighted by Gasteiger charge is 2.44. The summed E-state index contributed by atoms with van der Waals surface area (Å²) in [5.41, 5.74) is 5.59. The van der Waals surface area contributed by atoms with Gasteiger partial charge in [0.05, 0.1) is 19.1 Å². The van der Waals surface area contributed by atoms with Crippen LogP contribution < -0.4 is 27.0 Å². The molecule has 0 saturated carbocycles. The number of likely N-dealkylation sites (tertiary alicyclic amines) is 2. The van der Waals surface area contributed by atoms with E-state index in [2.05, 4.69) is 16.0 Å². The molecule has 2 aliphatic rings. The lowest BCUT2D eigenvalue weighted by atomic mass is 10.1. The first kappa shape index (κ1) is 41.8. The largest absolute Gasteiger partial charge is 0.481 e. The molecule has 51 heavy (non-hydrogen) atoms. The van der Waals surface area contributed by atoms with Gasteiger partial charge >= 0.3 is 23.9 Å². The lowest BCUT2D eigenvalue weighted by molar-refractivity contribution is -0.148. The van der Waals surface area contributed by atoms with Crippen molar-refractivity contribution in [1.82, 2.24) is 31.1 Å². The number of carbonyl (C=O) groups is 10. The SMILES string of the molecule is N[C@@H](CC(=O)O)C(=O)N[C@@H](CCC(=O)O)C(=O)N1CCC[C@H]1C(=O)N1CCC[C@H]1C(=O)N[C@@H](CO)C(=O)N[C@@H](CCC(=O)O)C(=O)NCC(=O)O. The van der Waals surface area contributed by atoms with Crippen LogP contribution in [0.25, 0.3) is 0 Å².